The highest BCUT2D eigenvalue weighted by molar-refractivity contribution is 7.92. The van der Waals surface area contributed by atoms with E-state index < -0.39 is 28.3 Å². The Balaban J connectivity index is 1.65. The molecule has 2 aromatic rings. The first-order chi connectivity index (χ1) is 14.6. The highest BCUT2D eigenvalue weighted by atomic mass is 32.2. The summed E-state index contributed by atoms with van der Waals surface area (Å²) >= 11 is 0. The zero-order valence-electron chi connectivity index (χ0n) is 18.2. The SMILES string of the molecule is C[C@H]1CCCN(c2ccc([C@@H](C)NC(=O)CN(c3cccc(F)c3)S(C)(=O)=O)cc2)C1. The third kappa shape index (κ3) is 6.19. The van der Waals surface area contributed by atoms with Gasteiger partial charge >= 0.3 is 0 Å². The average molecular weight is 448 g/mol. The Kier molecular flexibility index (Phi) is 7.20. The molecule has 31 heavy (non-hydrogen) atoms. The summed E-state index contributed by atoms with van der Waals surface area (Å²) in [6.07, 6.45) is 3.45. The minimum atomic E-state index is -3.75. The number of benzene rings is 2. The lowest BCUT2D eigenvalue weighted by molar-refractivity contribution is -0.120. The third-order valence-corrected chi connectivity index (χ3v) is 6.72. The lowest BCUT2D eigenvalue weighted by Gasteiger charge is -2.33. The van der Waals surface area contributed by atoms with Crippen molar-refractivity contribution in [1.29, 1.82) is 0 Å². The van der Waals surface area contributed by atoms with Crippen molar-refractivity contribution in [2.24, 2.45) is 5.92 Å². The molecule has 2 aromatic carbocycles. The predicted octanol–water partition coefficient (Wildman–Crippen LogP) is 3.71. The van der Waals surface area contributed by atoms with Gasteiger partial charge in [-0.25, -0.2) is 12.8 Å². The van der Waals surface area contributed by atoms with Gasteiger partial charge in [0.2, 0.25) is 15.9 Å². The Hall–Kier alpha value is -2.61. The van der Waals surface area contributed by atoms with E-state index in [-0.39, 0.29) is 11.7 Å². The molecule has 1 aliphatic rings. The fraction of sp³-hybridized carbons (Fsp3) is 0.435. The van der Waals surface area contributed by atoms with Crippen LogP contribution in [0.1, 0.15) is 38.3 Å². The second-order valence-electron chi connectivity index (χ2n) is 8.32. The average Bonchev–Trinajstić information content (AvgIpc) is 2.71. The van der Waals surface area contributed by atoms with Gasteiger partial charge < -0.3 is 10.2 Å². The standard InChI is InChI=1S/C23H30FN3O3S/c1-17-6-5-13-26(15-17)21-11-9-19(10-12-21)18(2)25-23(28)16-27(31(3,29)30)22-8-4-7-20(24)14-22/h4,7-12,14,17-18H,5-6,13,15-16H2,1-3H3,(H,25,28)/t17-,18+/m0/s1. The zero-order chi connectivity index (χ0) is 22.6. The molecule has 1 heterocycles. The van der Waals surface area contributed by atoms with Crippen LogP contribution in [0.5, 0.6) is 0 Å². The summed E-state index contributed by atoms with van der Waals surface area (Å²) in [5, 5.41) is 2.84. The smallest absolute Gasteiger partial charge is 0.241 e. The molecule has 1 amide bonds. The largest absolute Gasteiger partial charge is 0.371 e. The van der Waals surface area contributed by atoms with Gasteiger partial charge in [-0.3, -0.25) is 9.10 Å². The molecule has 0 aliphatic carbocycles. The van der Waals surface area contributed by atoms with E-state index in [0.29, 0.717) is 5.92 Å². The molecular weight excluding hydrogens is 417 g/mol. The zero-order valence-corrected chi connectivity index (χ0v) is 19.0. The number of hydrogen-bond donors (Lipinski definition) is 1. The van der Waals surface area contributed by atoms with Gasteiger partial charge in [0.05, 0.1) is 18.0 Å². The first-order valence-corrected chi connectivity index (χ1v) is 12.4. The minimum Gasteiger partial charge on any atom is -0.371 e. The normalized spacial score (nSPS) is 17.8. The van der Waals surface area contributed by atoms with Crippen LogP contribution in [0.3, 0.4) is 0 Å². The molecule has 6 nitrogen and oxygen atoms in total. The summed E-state index contributed by atoms with van der Waals surface area (Å²) < 4.78 is 38.8. The van der Waals surface area contributed by atoms with Crippen molar-refractivity contribution < 1.29 is 17.6 Å². The summed E-state index contributed by atoms with van der Waals surface area (Å²) in [5.41, 5.74) is 2.22. The van der Waals surface area contributed by atoms with Crippen molar-refractivity contribution in [3.05, 3.63) is 59.9 Å². The molecule has 0 saturated carbocycles. The van der Waals surface area contributed by atoms with Gasteiger partial charge in [0.1, 0.15) is 12.4 Å². The van der Waals surface area contributed by atoms with Crippen LogP contribution in [0.15, 0.2) is 48.5 Å². The van der Waals surface area contributed by atoms with Crippen molar-refractivity contribution in [3.8, 4) is 0 Å². The number of carbonyl (C=O) groups excluding carboxylic acids is 1. The van der Waals surface area contributed by atoms with E-state index in [1.165, 1.54) is 36.7 Å². The number of nitrogens with one attached hydrogen (secondary N) is 1. The third-order valence-electron chi connectivity index (χ3n) is 5.58. The maximum absolute atomic E-state index is 13.5. The first-order valence-electron chi connectivity index (χ1n) is 10.5. The Morgan fingerprint density at radius 3 is 2.58 bits per heavy atom. The number of anilines is 2. The monoisotopic (exact) mass is 447 g/mol. The van der Waals surface area contributed by atoms with Crippen molar-refractivity contribution in [1.82, 2.24) is 5.32 Å². The molecule has 1 saturated heterocycles. The van der Waals surface area contributed by atoms with Crippen LogP contribution in [-0.2, 0) is 14.8 Å². The molecule has 3 rings (SSSR count). The van der Waals surface area contributed by atoms with Gasteiger partial charge in [0, 0.05) is 18.8 Å². The van der Waals surface area contributed by atoms with Gasteiger partial charge in [0.15, 0.2) is 0 Å². The number of halogens is 1. The summed E-state index contributed by atoms with van der Waals surface area (Å²) in [6.45, 7) is 5.80. The van der Waals surface area contributed by atoms with E-state index in [0.717, 1.165) is 35.3 Å². The molecule has 1 fully saturated rings. The highest BCUT2D eigenvalue weighted by Gasteiger charge is 2.22. The number of nitrogens with zero attached hydrogens (tertiary/aromatic N) is 2. The number of carbonyl (C=O) groups is 1. The van der Waals surface area contributed by atoms with E-state index in [2.05, 4.69) is 29.3 Å². The van der Waals surface area contributed by atoms with Crippen LogP contribution >= 0.6 is 0 Å². The Morgan fingerprint density at radius 2 is 1.97 bits per heavy atom. The Morgan fingerprint density at radius 1 is 1.26 bits per heavy atom. The molecule has 0 bridgehead atoms. The summed E-state index contributed by atoms with van der Waals surface area (Å²) in [7, 11) is -3.75. The minimum absolute atomic E-state index is 0.116. The Labute approximate surface area is 184 Å². The molecule has 1 N–H and O–H groups in total. The van der Waals surface area contributed by atoms with Gasteiger partial charge in [-0.05, 0) is 61.6 Å². The highest BCUT2D eigenvalue weighted by Crippen LogP contribution is 2.25. The molecule has 1 aliphatic heterocycles. The van der Waals surface area contributed by atoms with Crippen LogP contribution < -0.4 is 14.5 Å². The predicted molar refractivity (Wildman–Crippen MR) is 122 cm³/mol. The maximum Gasteiger partial charge on any atom is 0.241 e. The molecule has 168 valence electrons. The number of hydrogen-bond acceptors (Lipinski definition) is 4. The number of sulfonamides is 1. The summed E-state index contributed by atoms with van der Waals surface area (Å²) in [5.74, 6) is -0.346. The van der Waals surface area contributed by atoms with E-state index in [1.807, 2.05) is 19.1 Å². The molecular formula is C23H30FN3O3S. The van der Waals surface area contributed by atoms with Crippen molar-refractivity contribution in [3.63, 3.8) is 0 Å². The fourth-order valence-electron chi connectivity index (χ4n) is 3.93. The summed E-state index contributed by atoms with van der Waals surface area (Å²) in [4.78, 5) is 15.0. The van der Waals surface area contributed by atoms with Gasteiger partial charge in [0.25, 0.3) is 0 Å². The number of amides is 1. The lowest BCUT2D eigenvalue weighted by Crippen LogP contribution is -2.41. The summed E-state index contributed by atoms with van der Waals surface area (Å²) in [6, 6.07) is 13.0. The van der Waals surface area contributed by atoms with Gasteiger partial charge in [-0.2, -0.15) is 0 Å². The van der Waals surface area contributed by atoms with E-state index in [4.69, 9.17) is 0 Å². The van der Waals surface area contributed by atoms with E-state index in [1.54, 1.807) is 0 Å². The fourth-order valence-corrected chi connectivity index (χ4v) is 4.78. The molecule has 0 spiro atoms. The van der Waals surface area contributed by atoms with Crippen LogP contribution in [-0.4, -0.2) is 40.2 Å². The first kappa shape index (κ1) is 23.1. The maximum atomic E-state index is 13.5. The lowest BCUT2D eigenvalue weighted by atomic mass is 9.99. The van der Waals surface area contributed by atoms with Crippen molar-refractivity contribution in [2.45, 2.75) is 32.7 Å². The van der Waals surface area contributed by atoms with Crippen molar-refractivity contribution >= 4 is 27.3 Å². The van der Waals surface area contributed by atoms with Gasteiger partial charge in [-0.15, -0.1) is 0 Å². The molecule has 2 atom stereocenters. The second kappa shape index (κ2) is 9.68. The number of piperidine rings is 1. The van der Waals surface area contributed by atoms with Crippen LogP contribution in [0.4, 0.5) is 15.8 Å². The molecule has 0 unspecified atom stereocenters. The van der Waals surface area contributed by atoms with Crippen molar-refractivity contribution in [2.75, 3.05) is 35.1 Å². The second-order valence-corrected chi connectivity index (χ2v) is 10.2. The quantitative estimate of drug-likeness (QED) is 0.703. The Bertz CT molecular complexity index is 1010. The topological polar surface area (TPSA) is 69.7 Å². The molecule has 0 aromatic heterocycles. The molecule has 8 heteroatoms. The van der Waals surface area contributed by atoms with E-state index >= 15 is 0 Å². The van der Waals surface area contributed by atoms with Crippen LogP contribution in [0, 0.1) is 11.7 Å². The van der Waals surface area contributed by atoms with Crippen LogP contribution in [0.2, 0.25) is 0 Å². The van der Waals surface area contributed by atoms with Gasteiger partial charge in [-0.1, -0.05) is 25.1 Å². The van der Waals surface area contributed by atoms with Crippen LogP contribution in [0.25, 0.3) is 0 Å². The number of rotatable bonds is 7. The van der Waals surface area contributed by atoms with E-state index in [9.17, 15) is 17.6 Å². The molecule has 0 radical (unpaired) electrons.